The van der Waals surface area contributed by atoms with E-state index in [2.05, 4.69) is 20.4 Å². The van der Waals surface area contributed by atoms with Crippen LogP contribution in [0.15, 0.2) is 0 Å². The highest BCUT2D eigenvalue weighted by Gasteiger charge is 2.36. The molecule has 3 saturated heterocycles. The average Bonchev–Trinajstić information content (AvgIpc) is 3.27. The molecule has 158 valence electrons. The Labute approximate surface area is 169 Å². The fourth-order valence-corrected chi connectivity index (χ4v) is 5.95. The van der Waals surface area contributed by atoms with Crippen LogP contribution in [0.1, 0.15) is 64.2 Å². The number of rotatable bonds is 5. The number of carbonyl (C=O) groups is 2. The van der Waals surface area contributed by atoms with Crippen molar-refractivity contribution in [2.24, 2.45) is 11.8 Å². The second-order valence-electron chi connectivity index (χ2n) is 9.48. The lowest BCUT2D eigenvalue weighted by atomic mass is 9.78. The minimum atomic E-state index is 0.00353. The topological polar surface area (TPSA) is 64.7 Å². The lowest BCUT2D eigenvalue weighted by Crippen LogP contribution is -2.53. The number of hydrogen-bond acceptors (Lipinski definition) is 4. The monoisotopic (exact) mass is 390 g/mol. The number of piperidine rings is 2. The quantitative estimate of drug-likeness (QED) is 0.751. The Bertz CT molecular complexity index is 547. The van der Waals surface area contributed by atoms with Crippen molar-refractivity contribution >= 4 is 11.8 Å². The summed E-state index contributed by atoms with van der Waals surface area (Å²) < 4.78 is 0. The van der Waals surface area contributed by atoms with Gasteiger partial charge < -0.3 is 15.5 Å². The minimum absolute atomic E-state index is 0.00353. The summed E-state index contributed by atoms with van der Waals surface area (Å²) in [7, 11) is 0. The van der Waals surface area contributed by atoms with Gasteiger partial charge in [0.05, 0.1) is 12.6 Å². The fraction of sp³-hybridized carbons (Fsp3) is 0.909. The van der Waals surface area contributed by atoms with Crippen LogP contribution in [0.25, 0.3) is 0 Å². The van der Waals surface area contributed by atoms with E-state index in [9.17, 15) is 9.59 Å². The molecular weight excluding hydrogens is 352 g/mol. The third-order valence-electron chi connectivity index (χ3n) is 7.47. The summed E-state index contributed by atoms with van der Waals surface area (Å²) in [5, 5.41) is 6.41. The molecule has 2 amide bonds. The van der Waals surface area contributed by atoms with Crippen molar-refractivity contribution in [1.82, 2.24) is 20.4 Å². The third kappa shape index (κ3) is 4.88. The van der Waals surface area contributed by atoms with E-state index in [-0.39, 0.29) is 11.9 Å². The lowest BCUT2D eigenvalue weighted by molar-refractivity contribution is -0.139. The highest BCUT2D eigenvalue weighted by molar-refractivity contribution is 5.82. The summed E-state index contributed by atoms with van der Waals surface area (Å²) in [6.45, 7) is 5.18. The lowest BCUT2D eigenvalue weighted by Gasteiger charge is -2.45. The molecule has 6 heteroatoms. The van der Waals surface area contributed by atoms with Crippen LogP contribution in [-0.4, -0.2) is 73.0 Å². The molecular formula is C22H38N4O2. The van der Waals surface area contributed by atoms with Crippen LogP contribution >= 0.6 is 0 Å². The Hall–Kier alpha value is -1.14. The highest BCUT2D eigenvalue weighted by atomic mass is 16.2. The van der Waals surface area contributed by atoms with Gasteiger partial charge in [-0.05, 0) is 76.3 Å². The normalized spacial score (nSPS) is 34.1. The zero-order valence-electron chi connectivity index (χ0n) is 17.3. The number of nitrogens with zero attached hydrogens (tertiary/aromatic N) is 2. The van der Waals surface area contributed by atoms with Gasteiger partial charge in [-0.15, -0.1) is 0 Å². The first kappa shape index (κ1) is 20.1. The largest absolute Gasteiger partial charge is 0.354 e. The predicted molar refractivity (Wildman–Crippen MR) is 110 cm³/mol. The van der Waals surface area contributed by atoms with Gasteiger partial charge in [-0.3, -0.25) is 14.5 Å². The van der Waals surface area contributed by atoms with Gasteiger partial charge in [0.2, 0.25) is 11.8 Å². The summed E-state index contributed by atoms with van der Waals surface area (Å²) in [6, 6.07) is 0.512. The molecule has 4 fully saturated rings. The first-order chi connectivity index (χ1) is 13.7. The molecule has 3 aliphatic heterocycles. The number of likely N-dealkylation sites (tertiary alicyclic amines) is 2. The van der Waals surface area contributed by atoms with Crippen LogP contribution in [0.5, 0.6) is 0 Å². The van der Waals surface area contributed by atoms with Gasteiger partial charge in [0.1, 0.15) is 0 Å². The standard InChI is InChI=1S/C22H38N4O2/c27-21(26-13-5-8-18-7-1-2-10-20(18)26)16-25-12-4-6-17(15-25)14-24-22(28)19-9-3-11-23-19/h17-20,23H,1-16H2,(H,24,28). The Morgan fingerprint density at radius 1 is 0.929 bits per heavy atom. The van der Waals surface area contributed by atoms with E-state index < -0.39 is 0 Å². The molecule has 4 rings (SSSR count). The first-order valence-electron chi connectivity index (χ1n) is 11.7. The third-order valence-corrected chi connectivity index (χ3v) is 7.47. The molecule has 3 heterocycles. The molecule has 0 aromatic heterocycles. The van der Waals surface area contributed by atoms with E-state index in [1.165, 1.54) is 38.5 Å². The molecule has 1 aliphatic carbocycles. The van der Waals surface area contributed by atoms with E-state index in [1.807, 2.05) is 0 Å². The Morgan fingerprint density at radius 3 is 2.61 bits per heavy atom. The molecule has 28 heavy (non-hydrogen) atoms. The van der Waals surface area contributed by atoms with Crippen molar-refractivity contribution in [1.29, 1.82) is 0 Å². The van der Waals surface area contributed by atoms with Crippen molar-refractivity contribution in [3.63, 3.8) is 0 Å². The molecule has 1 saturated carbocycles. The second kappa shape index (κ2) is 9.57. The molecule has 0 radical (unpaired) electrons. The van der Waals surface area contributed by atoms with E-state index >= 15 is 0 Å². The van der Waals surface area contributed by atoms with Crippen molar-refractivity contribution < 1.29 is 9.59 Å². The van der Waals surface area contributed by atoms with E-state index in [0.29, 0.717) is 24.4 Å². The molecule has 2 N–H and O–H groups in total. The van der Waals surface area contributed by atoms with Gasteiger partial charge in [-0.1, -0.05) is 12.8 Å². The average molecular weight is 391 g/mol. The minimum Gasteiger partial charge on any atom is -0.354 e. The van der Waals surface area contributed by atoms with E-state index in [4.69, 9.17) is 0 Å². The fourth-order valence-electron chi connectivity index (χ4n) is 5.95. The smallest absolute Gasteiger partial charge is 0.237 e. The van der Waals surface area contributed by atoms with Crippen LogP contribution in [0.2, 0.25) is 0 Å². The highest BCUT2D eigenvalue weighted by Crippen LogP contribution is 2.35. The van der Waals surface area contributed by atoms with Crippen LogP contribution < -0.4 is 10.6 Å². The Balaban J connectivity index is 1.24. The molecule has 4 aliphatic rings. The number of hydrogen-bond donors (Lipinski definition) is 2. The molecule has 0 aromatic rings. The predicted octanol–water partition coefficient (Wildman–Crippen LogP) is 1.75. The van der Waals surface area contributed by atoms with Crippen LogP contribution in [-0.2, 0) is 9.59 Å². The van der Waals surface area contributed by atoms with Gasteiger partial charge >= 0.3 is 0 Å². The van der Waals surface area contributed by atoms with Crippen molar-refractivity contribution in [3.05, 3.63) is 0 Å². The van der Waals surface area contributed by atoms with Gasteiger partial charge in [0.15, 0.2) is 0 Å². The second-order valence-corrected chi connectivity index (χ2v) is 9.48. The molecule has 0 spiro atoms. The first-order valence-corrected chi connectivity index (χ1v) is 11.7. The number of amides is 2. The van der Waals surface area contributed by atoms with Crippen molar-refractivity contribution in [2.75, 3.05) is 39.3 Å². The van der Waals surface area contributed by atoms with Gasteiger partial charge in [-0.25, -0.2) is 0 Å². The zero-order valence-corrected chi connectivity index (χ0v) is 17.3. The summed E-state index contributed by atoms with van der Waals surface area (Å²) in [5.74, 6) is 1.72. The maximum atomic E-state index is 13.1. The summed E-state index contributed by atoms with van der Waals surface area (Å²) in [6.07, 6.45) is 12.0. The molecule has 4 atom stereocenters. The molecule has 6 nitrogen and oxygen atoms in total. The molecule has 0 bridgehead atoms. The van der Waals surface area contributed by atoms with Crippen LogP contribution in [0.4, 0.5) is 0 Å². The van der Waals surface area contributed by atoms with Crippen molar-refractivity contribution in [2.45, 2.75) is 76.3 Å². The Morgan fingerprint density at radius 2 is 1.75 bits per heavy atom. The number of fused-ring (bicyclic) bond motifs is 1. The number of nitrogens with one attached hydrogen (secondary N) is 2. The summed E-state index contributed by atoms with van der Waals surface area (Å²) >= 11 is 0. The van der Waals surface area contributed by atoms with Crippen LogP contribution in [0.3, 0.4) is 0 Å². The van der Waals surface area contributed by atoms with Gasteiger partial charge in [-0.2, -0.15) is 0 Å². The van der Waals surface area contributed by atoms with E-state index in [1.54, 1.807) is 0 Å². The Kier molecular flexibility index (Phi) is 6.89. The summed E-state index contributed by atoms with van der Waals surface area (Å²) in [5.41, 5.74) is 0. The van der Waals surface area contributed by atoms with Gasteiger partial charge in [0.25, 0.3) is 0 Å². The van der Waals surface area contributed by atoms with Crippen LogP contribution in [0, 0.1) is 11.8 Å². The molecule has 4 unspecified atom stereocenters. The summed E-state index contributed by atoms with van der Waals surface area (Å²) in [4.78, 5) is 29.9. The van der Waals surface area contributed by atoms with Crippen molar-refractivity contribution in [3.8, 4) is 0 Å². The van der Waals surface area contributed by atoms with E-state index in [0.717, 1.165) is 64.3 Å². The number of carbonyl (C=O) groups excluding carboxylic acids is 2. The maximum absolute atomic E-state index is 13.1. The van der Waals surface area contributed by atoms with Gasteiger partial charge in [0, 0.05) is 25.7 Å². The maximum Gasteiger partial charge on any atom is 0.237 e. The SMILES string of the molecule is O=C(NCC1CCCN(CC(=O)N2CCCC3CCCCC32)C1)C1CCCN1. The molecule has 0 aromatic carbocycles. The zero-order chi connectivity index (χ0) is 19.3.